The molecule has 0 saturated heterocycles. The van der Waals surface area contributed by atoms with Gasteiger partial charge in [-0.2, -0.15) is 0 Å². The monoisotopic (exact) mass is 196 g/mol. The molecule has 0 amide bonds. The van der Waals surface area contributed by atoms with E-state index < -0.39 is 5.97 Å². The maximum atomic E-state index is 10.5. The fraction of sp³-hybridized carbons (Fsp3) is 0.222. The van der Waals surface area contributed by atoms with E-state index in [1.807, 2.05) is 30.3 Å². The average Bonchev–Trinajstić information content (AvgIpc) is 2.15. The highest BCUT2D eigenvalue weighted by Crippen LogP contribution is 2.19. The van der Waals surface area contributed by atoms with Crippen molar-refractivity contribution in [2.45, 2.75) is 12.5 Å². The summed E-state index contributed by atoms with van der Waals surface area (Å²) >= 11 is 0. The molecule has 0 radical (unpaired) electrons. The molecule has 0 saturated carbocycles. The van der Waals surface area contributed by atoms with Gasteiger partial charge in [0, 0.05) is 0 Å². The van der Waals surface area contributed by atoms with Gasteiger partial charge in [0.15, 0.2) is 0 Å². The predicted molar refractivity (Wildman–Crippen MR) is 52.5 cm³/mol. The van der Waals surface area contributed by atoms with E-state index in [4.69, 9.17) is 9.53 Å². The quantitative estimate of drug-likeness (QED) is 0.713. The van der Waals surface area contributed by atoms with E-state index >= 15 is 0 Å². The second-order valence-corrected chi connectivity index (χ2v) is 3.20. The fourth-order valence-corrected chi connectivity index (χ4v) is 1.60. The van der Waals surface area contributed by atoms with Crippen molar-refractivity contribution in [2.24, 2.45) is 0 Å². The lowest BCUT2D eigenvalue weighted by Crippen LogP contribution is -2.08. The molecule has 0 heterocycles. The fourth-order valence-electron chi connectivity index (χ4n) is 1.16. The summed E-state index contributed by atoms with van der Waals surface area (Å²) in [5.41, 5.74) is 0.930. The molecular weight excluding hydrogens is 184 g/mol. The van der Waals surface area contributed by atoms with Crippen LogP contribution >= 0.6 is 0 Å². The summed E-state index contributed by atoms with van der Waals surface area (Å²) in [6.45, 7) is 0. The van der Waals surface area contributed by atoms with Crippen molar-refractivity contribution in [3.05, 3.63) is 35.9 Å². The second kappa shape index (κ2) is 4.79. The third-order valence-corrected chi connectivity index (χ3v) is 2.38. The summed E-state index contributed by atoms with van der Waals surface area (Å²) in [7, 11) is 0.549. The van der Waals surface area contributed by atoms with Gasteiger partial charge in [0.25, 0.3) is 0 Å². The Morgan fingerprint density at radius 3 is 2.54 bits per heavy atom. The van der Waals surface area contributed by atoms with Crippen LogP contribution in [0.5, 0.6) is 0 Å². The molecule has 1 N–H and O–H groups in total. The minimum atomic E-state index is -0.829. The molecule has 0 aromatic heterocycles. The molecule has 4 heteroatoms. The number of benzene rings is 1. The zero-order chi connectivity index (χ0) is 9.68. The molecule has 1 unspecified atom stereocenters. The van der Waals surface area contributed by atoms with Crippen molar-refractivity contribution in [2.75, 3.05) is 0 Å². The van der Waals surface area contributed by atoms with Crippen LogP contribution in [0, 0.1) is 0 Å². The van der Waals surface area contributed by atoms with Crippen LogP contribution in [0.2, 0.25) is 0 Å². The van der Waals surface area contributed by atoms with E-state index in [0.717, 1.165) is 5.56 Å². The zero-order valence-corrected chi connectivity index (χ0v) is 9.43. The highest BCUT2D eigenvalue weighted by Gasteiger charge is 2.12. The number of hydrogen-bond donors (Lipinski definition) is 1. The standard InChI is InChI=1S/C9H12O3Si/c10-9(11)6-8(12-13)7-4-2-1-3-5-7/h1-5,8H,6H2,13H3,(H,10,11). The van der Waals surface area contributed by atoms with Crippen molar-refractivity contribution in [3.63, 3.8) is 0 Å². The number of aliphatic carboxylic acids is 1. The summed E-state index contributed by atoms with van der Waals surface area (Å²) < 4.78 is 5.21. The van der Waals surface area contributed by atoms with E-state index in [2.05, 4.69) is 0 Å². The minimum absolute atomic E-state index is 0.0352. The van der Waals surface area contributed by atoms with Gasteiger partial charge in [-0.25, -0.2) is 0 Å². The van der Waals surface area contributed by atoms with Gasteiger partial charge in [-0.15, -0.1) is 0 Å². The smallest absolute Gasteiger partial charge is 0.306 e. The van der Waals surface area contributed by atoms with Gasteiger partial charge in [0.05, 0.1) is 12.5 Å². The van der Waals surface area contributed by atoms with E-state index in [0.29, 0.717) is 10.5 Å². The summed E-state index contributed by atoms with van der Waals surface area (Å²) in [4.78, 5) is 10.5. The molecule has 0 aliphatic carbocycles. The first kappa shape index (κ1) is 9.95. The Bertz CT molecular complexity index is 273. The molecule has 0 bridgehead atoms. The lowest BCUT2D eigenvalue weighted by atomic mass is 10.1. The van der Waals surface area contributed by atoms with E-state index in [1.165, 1.54) is 0 Å². The van der Waals surface area contributed by atoms with Crippen LogP contribution in [0.4, 0.5) is 0 Å². The van der Waals surface area contributed by atoms with Crippen molar-refractivity contribution >= 4 is 16.5 Å². The highest BCUT2D eigenvalue weighted by molar-refractivity contribution is 5.98. The summed E-state index contributed by atoms with van der Waals surface area (Å²) in [5.74, 6) is -0.829. The Hall–Kier alpha value is -1.13. The largest absolute Gasteiger partial charge is 0.481 e. The Balaban J connectivity index is 2.73. The van der Waals surface area contributed by atoms with Crippen LogP contribution in [0.25, 0.3) is 0 Å². The highest BCUT2D eigenvalue weighted by atomic mass is 28.2. The molecule has 13 heavy (non-hydrogen) atoms. The zero-order valence-electron chi connectivity index (χ0n) is 7.43. The Labute approximate surface area is 79.9 Å². The Kier molecular flexibility index (Phi) is 3.66. The molecule has 1 aromatic rings. The number of carbonyl (C=O) groups is 1. The number of hydrogen-bond acceptors (Lipinski definition) is 2. The first-order chi connectivity index (χ1) is 6.24. The Morgan fingerprint density at radius 1 is 1.46 bits per heavy atom. The number of rotatable bonds is 4. The van der Waals surface area contributed by atoms with Gasteiger partial charge in [-0.05, 0) is 5.56 Å². The van der Waals surface area contributed by atoms with Crippen LogP contribution in [-0.2, 0) is 9.22 Å². The van der Waals surface area contributed by atoms with Gasteiger partial charge >= 0.3 is 5.97 Å². The van der Waals surface area contributed by atoms with Gasteiger partial charge in [-0.3, -0.25) is 4.79 Å². The Morgan fingerprint density at radius 2 is 2.08 bits per heavy atom. The van der Waals surface area contributed by atoms with Crippen molar-refractivity contribution in [1.29, 1.82) is 0 Å². The van der Waals surface area contributed by atoms with Crippen molar-refractivity contribution in [1.82, 2.24) is 0 Å². The van der Waals surface area contributed by atoms with Gasteiger partial charge in [-0.1, -0.05) is 30.3 Å². The summed E-state index contributed by atoms with van der Waals surface area (Å²) in [6, 6.07) is 9.42. The molecule has 1 aromatic carbocycles. The number of carboxylic acid groups (broad SMARTS) is 1. The molecule has 0 spiro atoms. The second-order valence-electron chi connectivity index (χ2n) is 2.73. The lowest BCUT2D eigenvalue weighted by molar-refractivity contribution is -0.138. The third kappa shape index (κ3) is 3.00. The molecule has 0 aliphatic heterocycles. The first-order valence-corrected chi connectivity index (χ1v) is 4.85. The first-order valence-electron chi connectivity index (χ1n) is 4.03. The maximum Gasteiger partial charge on any atom is 0.306 e. The summed E-state index contributed by atoms with van der Waals surface area (Å²) in [5, 5.41) is 8.61. The average molecular weight is 196 g/mol. The molecule has 0 aliphatic rings. The minimum Gasteiger partial charge on any atom is -0.481 e. The third-order valence-electron chi connectivity index (χ3n) is 1.82. The van der Waals surface area contributed by atoms with Gasteiger partial charge in [0.2, 0.25) is 0 Å². The van der Waals surface area contributed by atoms with E-state index in [-0.39, 0.29) is 12.5 Å². The topological polar surface area (TPSA) is 46.5 Å². The predicted octanol–water partition coefficient (Wildman–Crippen LogP) is 0.499. The molecule has 1 rings (SSSR count). The molecule has 1 atom stereocenters. The number of carboxylic acids is 1. The normalized spacial score (nSPS) is 12.6. The van der Waals surface area contributed by atoms with Crippen molar-refractivity contribution in [3.8, 4) is 0 Å². The maximum absolute atomic E-state index is 10.5. The van der Waals surface area contributed by atoms with Crippen LogP contribution in [0.15, 0.2) is 30.3 Å². The van der Waals surface area contributed by atoms with Crippen LogP contribution < -0.4 is 0 Å². The van der Waals surface area contributed by atoms with Crippen LogP contribution in [-0.4, -0.2) is 21.6 Å². The van der Waals surface area contributed by atoms with E-state index in [1.54, 1.807) is 0 Å². The summed E-state index contributed by atoms with van der Waals surface area (Å²) in [6.07, 6.45) is -0.251. The van der Waals surface area contributed by atoms with E-state index in [9.17, 15) is 4.79 Å². The van der Waals surface area contributed by atoms with Gasteiger partial charge in [0.1, 0.15) is 10.5 Å². The van der Waals surface area contributed by atoms with Crippen LogP contribution in [0.1, 0.15) is 18.1 Å². The lowest BCUT2D eigenvalue weighted by Gasteiger charge is -2.13. The van der Waals surface area contributed by atoms with Gasteiger partial charge < -0.3 is 9.53 Å². The SMILES string of the molecule is O=C(O)CC(O[SiH3])c1ccccc1. The van der Waals surface area contributed by atoms with Crippen molar-refractivity contribution < 1.29 is 14.3 Å². The van der Waals surface area contributed by atoms with Crippen LogP contribution in [0.3, 0.4) is 0 Å². The molecule has 3 nitrogen and oxygen atoms in total. The molecule has 70 valence electrons. The molecule has 0 fully saturated rings. The molecular formula is C9H12O3Si.